The van der Waals surface area contributed by atoms with E-state index in [1.165, 1.54) is 12.5 Å². The van der Waals surface area contributed by atoms with Crippen molar-refractivity contribution in [2.45, 2.75) is 26.2 Å². The zero-order valence-electron chi connectivity index (χ0n) is 12.9. The van der Waals surface area contributed by atoms with E-state index < -0.39 is 0 Å². The largest absolute Gasteiger partial charge is 0.370 e. The highest BCUT2D eigenvalue weighted by molar-refractivity contribution is 5.94. The molecule has 1 amide bonds. The zero-order valence-corrected chi connectivity index (χ0v) is 12.9. The van der Waals surface area contributed by atoms with Gasteiger partial charge in [-0.2, -0.15) is 0 Å². The molecular weight excluding hydrogens is 283 g/mol. The van der Waals surface area contributed by atoms with Crippen LogP contribution in [0.5, 0.6) is 0 Å². The first-order chi connectivity index (χ1) is 10.6. The van der Waals surface area contributed by atoms with E-state index in [1.807, 2.05) is 0 Å². The summed E-state index contributed by atoms with van der Waals surface area (Å²) in [5.41, 5.74) is 6.77. The Morgan fingerprint density at radius 3 is 2.77 bits per heavy atom. The molecule has 2 rings (SSSR count). The first kappa shape index (κ1) is 16.3. The molecule has 1 aromatic rings. The van der Waals surface area contributed by atoms with Gasteiger partial charge in [0.2, 0.25) is 0 Å². The monoisotopic (exact) mass is 306 g/mol. The molecule has 1 aliphatic rings. The molecule has 0 saturated carbocycles. The van der Waals surface area contributed by atoms with Gasteiger partial charge in [-0.25, -0.2) is 4.39 Å². The van der Waals surface area contributed by atoms with Crippen LogP contribution < -0.4 is 11.1 Å². The highest BCUT2D eigenvalue weighted by atomic mass is 19.1. The average molecular weight is 306 g/mol. The minimum atomic E-state index is -0.375. The summed E-state index contributed by atoms with van der Waals surface area (Å²) in [7, 11) is 0. The molecule has 0 bridgehead atoms. The second-order valence-corrected chi connectivity index (χ2v) is 5.51. The molecule has 0 aliphatic carbocycles. The van der Waals surface area contributed by atoms with Crippen LogP contribution in [0.15, 0.2) is 23.2 Å². The fourth-order valence-electron chi connectivity index (χ4n) is 2.40. The van der Waals surface area contributed by atoms with Gasteiger partial charge in [0.05, 0.1) is 6.54 Å². The van der Waals surface area contributed by atoms with Crippen LogP contribution in [0.4, 0.5) is 4.39 Å². The van der Waals surface area contributed by atoms with Gasteiger partial charge >= 0.3 is 0 Å². The van der Waals surface area contributed by atoms with E-state index in [1.54, 1.807) is 19.1 Å². The molecule has 1 aromatic carbocycles. The van der Waals surface area contributed by atoms with E-state index in [-0.39, 0.29) is 11.7 Å². The lowest BCUT2D eigenvalue weighted by Crippen LogP contribution is -2.41. The smallest absolute Gasteiger partial charge is 0.251 e. The van der Waals surface area contributed by atoms with Crippen molar-refractivity contribution in [2.24, 2.45) is 10.7 Å². The fourth-order valence-corrected chi connectivity index (χ4v) is 2.40. The van der Waals surface area contributed by atoms with Gasteiger partial charge in [-0.1, -0.05) is 6.07 Å². The predicted molar refractivity (Wildman–Crippen MR) is 85.4 cm³/mol. The molecule has 1 heterocycles. The number of aliphatic imine (C=N–C) groups is 1. The summed E-state index contributed by atoms with van der Waals surface area (Å²) in [4.78, 5) is 18.2. The normalized spacial score (nSPS) is 15.7. The molecular formula is C16H23FN4O. The summed E-state index contributed by atoms with van der Waals surface area (Å²) in [6, 6.07) is 4.45. The van der Waals surface area contributed by atoms with E-state index in [2.05, 4.69) is 15.2 Å². The lowest BCUT2D eigenvalue weighted by molar-refractivity contribution is 0.0954. The zero-order chi connectivity index (χ0) is 15.9. The van der Waals surface area contributed by atoms with Crippen LogP contribution in [0, 0.1) is 12.7 Å². The van der Waals surface area contributed by atoms with Gasteiger partial charge < -0.3 is 16.0 Å². The van der Waals surface area contributed by atoms with Crippen molar-refractivity contribution in [2.75, 3.05) is 26.2 Å². The van der Waals surface area contributed by atoms with Crippen LogP contribution in [-0.2, 0) is 0 Å². The third-order valence-electron chi connectivity index (χ3n) is 3.79. The van der Waals surface area contributed by atoms with Crippen LogP contribution in [0.25, 0.3) is 0 Å². The Morgan fingerprint density at radius 2 is 2.09 bits per heavy atom. The molecule has 1 fully saturated rings. The number of aryl methyl sites for hydroxylation is 1. The number of nitrogens with two attached hydrogens (primary N) is 1. The molecule has 120 valence electrons. The molecule has 22 heavy (non-hydrogen) atoms. The second-order valence-electron chi connectivity index (χ2n) is 5.51. The Hall–Kier alpha value is -2.11. The Morgan fingerprint density at radius 1 is 1.36 bits per heavy atom. The molecule has 1 saturated heterocycles. The Kier molecular flexibility index (Phi) is 5.75. The molecule has 5 nitrogen and oxygen atoms in total. The van der Waals surface area contributed by atoms with Crippen LogP contribution in [0.3, 0.4) is 0 Å². The quantitative estimate of drug-likeness (QED) is 0.505. The average Bonchev–Trinajstić information content (AvgIpc) is 2.54. The van der Waals surface area contributed by atoms with Crippen molar-refractivity contribution in [3.63, 3.8) is 0 Å². The number of rotatable bonds is 4. The van der Waals surface area contributed by atoms with E-state index in [0.717, 1.165) is 25.9 Å². The number of hydrogen-bond donors (Lipinski definition) is 2. The van der Waals surface area contributed by atoms with Gasteiger partial charge in [0.25, 0.3) is 5.91 Å². The molecule has 0 aromatic heterocycles. The topological polar surface area (TPSA) is 70.7 Å². The lowest BCUT2D eigenvalue weighted by Gasteiger charge is -2.27. The van der Waals surface area contributed by atoms with Gasteiger partial charge in [0.15, 0.2) is 5.96 Å². The highest BCUT2D eigenvalue weighted by Gasteiger charge is 2.11. The van der Waals surface area contributed by atoms with Gasteiger partial charge in [-0.15, -0.1) is 0 Å². The van der Waals surface area contributed by atoms with Gasteiger partial charge in [0.1, 0.15) is 5.82 Å². The number of carbonyl (C=O) groups is 1. The van der Waals surface area contributed by atoms with Crippen LogP contribution in [-0.4, -0.2) is 42.9 Å². The van der Waals surface area contributed by atoms with Gasteiger partial charge in [-0.3, -0.25) is 9.79 Å². The van der Waals surface area contributed by atoms with Crippen molar-refractivity contribution >= 4 is 11.9 Å². The van der Waals surface area contributed by atoms with Crippen molar-refractivity contribution in [1.29, 1.82) is 0 Å². The summed E-state index contributed by atoms with van der Waals surface area (Å²) in [6.07, 6.45) is 3.53. The lowest BCUT2D eigenvalue weighted by atomic mass is 10.1. The van der Waals surface area contributed by atoms with Crippen molar-refractivity contribution in [3.05, 3.63) is 35.1 Å². The number of halogens is 1. The molecule has 6 heteroatoms. The predicted octanol–water partition coefficient (Wildman–Crippen LogP) is 1.66. The summed E-state index contributed by atoms with van der Waals surface area (Å²) in [6.45, 7) is 4.36. The summed E-state index contributed by atoms with van der Waals surface area (Å²) in [5, 5.41) is 2.72. The number of hydrogen-bond acceptors (Lipinski definition) is 2. The number of benzene rings is 1. The maximum Gasteiger partial charge on any atom is 0.251 e. The maximum absolute atomic E-state index is 13.4. The third kappa shape index (κ3) is 4.44. The Balaban J connectivity index is 1.77. The summed E-state index contributed by atoms with van der Waals surface area (Å²) in [5.74, 6) is -0.138. The van der Waals surface area contributed by atoms with E-state index in [4.69, 9.17) is 5.73 Å². The standard InChI is InChI=1S/C16H23FN4O/c1-12-5-6-13(11-14(12)17)15(22)19-7-8-20-16(18)21-9-3-2-4-10-21/h5-6,11H,2-4,7-10H2,1H3,(H2,18,20)(H,19,22). The number of nitrogens with zero attached hydrogens (tertiary/aromatic N) is 2. The first-order valence-electron chi connectivity index (χ1n) is 7.67. The SMILES string of the molecule is Cc1ccc(C(=O)NCCN=C(N)N2CCCCC2)cc1F. The number of amides is 1. The summed E-state index contributed by atoms with van der Waals surface area (Å²) >= 11 is 0. The molecule has 0 unspecified atom stereocenters. The summed E-state index contributed by atoms with van der Waals surface area (Å²) < 4.78 is 13.4. The maximum atomic E-state index is 13.4. The van der Waals surface area contributed by atoms with Gasteiger partial charge in [0, 0.05) is 25.2 Å². The molecule has 0 spiro atoms. The van der Waals surface area contributed by atoms with Crippen molar-refractivity contribution in [1.82, 2.24) is 10.2 Å². The van der Waals surface area contributed by atoms with E-state index in [0.29, 0.717) is 30.2 Å². The number of carbonyl (C=O) groups excluding carboxylic acids is 1. The molecule has 1 aliphatic heterocycles. The number of nitrogens with one attached hydrogen (secondary N) is 1. The van der Waals surface area contributed by atoms with Crippen LogP contribution in [0.1, 0.15) is 35.2 Å². The van der Waals surface area contributed by atoms with Crippen LogP contribution >= 0.6 is 0 Å². The highest BCUT2D eigenvalue weighted by Crippen LogP contribution is 2.09. The third-order valence-corrected chi connectivity index (χ3v) is 3.79. The molecule has 0 atom stereocenters. The Labute approximate surface area is 130 Å². The van der Waals surface area contributed by atoms with Crippen molar-refractivity contribution < 1.29 is 9.18 Å². The van der Waals surface area contributed by atoms with E-state index >= 15 is 0 Å². The number of likely N-dealkylation sites (tertiary alicyclic amines) is 1. The van der Waals surface area contributed by atoms with Crippen LogP contribution in [0.2, 0.25) is 0 Å². The Bertz CT molecular complexity index is 553. The van der Waals surface area contributed by atoms with E-state index in [9.17, 15) is 9.18 Å². The number of piperidine rings is 1. The molecule has 0 radical (unpaired) electrons. The fraction of sp³-hybridized carbons (Fsp3) is 0.500. The molecule has 3 N–H and O–H groups in total. The minimum absolute atomic E-state index is 0.300. The van der Waals surface area contributed by atoms with Gasteiger partial charge in [-0.05, 0) is 43.9 Å². The first-order valence-corrected chi connectivity index (χ1v) is 7.67. The number of guanidine groups is 1. The second kappa shape index (κ2) is 7.77. The van der Waals surface area contributed by atoms with Crippen molar-refractivity contribution in [3.8, 4) is 0 Å². The minimum Gasteiger partial charge on any atom is -0.370 e.